The molecule has 4 aromatic carbocycles. The van der Waals surface area contributed by atoms with Gasteiger partial charge in [0.15, 0.2) is 11.5 Å². The van der Waals surface area contributed by atoms with Gasteiger partial charge in [0.2, 0.25) is 0 Å². The Hall–Kier alpha value is -3.77. The number of rotatable bonds is 4. The molecule has 0 unspecified atom stereocenters. The minimum absolute atomic E-state index is 0.114. The van der Waals surface area contributed by atoms with Crippen LogP contribution in [0.25, 0.3) is 21.5 Å². The lowest BCUT2D eigenvalue weighted by Crippen LogP contribution is -2.56. The summed E-state index contributed by atoms with van der Waals surface area (Å²) in [6, 6.07) is 20.4. The second kappa shape index (κ2) is 9.03. The van der Waals surface area contributed by atoms with E-state index in [1.165, 1.54) is 21.9 Å². The van der Waals surface area contributed by atoms with Gasteiger partial charge in [0.25, 0.3) is 5.91 Å². The summed E-state index contributed by atoms with van der Waals surface area (Å²) in [6.45, 7) is 3.19. The highest BCUT2D eigenvalue weighted by Crippen LogP contribution is 2.43. The van der Waals surface area contributed by atoms with Crippen molar-refractivity contribution < 1.29 is 19.0 Å². The van der Waals surface area contributed by atoms with Crippen LogP contribution in [0.15, 0.2) is 60.7 Å². The van der Waals surface area contributed by atoms with Crippen LogP contribution in [-0.4, -0.2) is 62.7 Å². The van der Waals surface area contributed by atoms with Crippen LogP contribution < -0.4 is 14.2 Å². The van der Waals surface area contributed by atoms with E-state index in [-0.39, 0.29) is 11.9 Å². The molecule has 0 N–H and O–H groups in total. The Kier molecular flexibility index (Phi) is 5.69. The molecule has 1 saturated heterocycles. The van der Waals surface area contributed by atoms with Gasteiger partial charge in [-0.1, -0.05) is 24.3 Å². The lowest BCUT2D eigenvalue weighted by atomic mass is 9.84. The van der Waals surface area contributed by atoms with Crippen LogP contribution in [0.1, 0.15) is 21.5 Å². The zero-order valence-electron chi connectivity index (χ0n) is 20.9. The molecule has 6 nitrogen and oxygen atoms in total. The fourth-order valence-electron chi connectivity index (χ4n) is 5.91. The third-order valence-electron chi connectivity index (χ3n) is 7.77. The standard InChI is InChI=1S/C30H30N2O4/c1-34-21-9-10-22-24(14-21)26-16-29(36-3)28(35-2)15-25(26)23-13-20-17-32(12-11-31(20)18-27(22)23)30(33)19-7-5-4-6-8-19/h4-10,14-16,20H,11-13,17-18H2,1-3H3/t20-/m0/s1. The maximum absolute atomic E-state index is 13.2. The Morgan fingerprint density at radius 2 is 1.50 bits per heavy atom. The molecule has 184 valence electrons. The summed E-state index contributed by atoms with van der Waals surface area (Å²) in [7, 11) is 5.05. The van der Waals surface area contributed by atoms with Crippen molar-refractivity contribution in [3.8, 4) is 17.2 Å². The number of benzene rings is 4. The molecule has 2 aliphatic rings. The fourth-order valence-corrected chi connectivity index (χ4v) is 5.91. The van der Waals surface area contributed by atoms with Gasteiger partial charge in [0, 0.05) is 37.8 Å². The van der Waals surface area contributed by atoms with Gasteiger partial charge in [-0.15, -0.1) is 0 Å². The number of ether oxygens (including phenoxy) is 3. The van der Waals surface area contributed by atoms with Gasteiger partial charge in [-0.05, 0) is 75.5 Å². The number of carbonyl (C=O) groups is 1. The predicted octanol–water partition coefficient (Wildman–Crippen LogP) is 4.90. The van der Waals surface area contributed by atoms with Crippen molar-refractivity contribution in [3.63, 3.8) is 0 Å². The van der Waals surface area contributed by atoms with Crippen molar-refractivity contribution in [2.75, 3.05) is 41.0 Å². The third-order valence-corrected chi connectivity index (χ3v) is 7.77. The van der Waals surface area contributed by atoms with E-state index >= 15 is 0 Å². The highest BCUT2D eigenvalue weighted by atomic mass is 16.5. The molecule has 36 heavy (non-hydrogen) atoms. The van der Waals surface area contributed by atoms with Crippen molar-refractivity contribution in [2.45, 2.75) is 19.0 Å². The zero-order valence-corrected chi connectivity index (χ0v) is 20.9. The molecule has 1 amide bonds. The van der Waals surface area contributed by atoms with Crippen LogP contribution >= 0.6 is 0 Å². The predicted molar refractivity (Wildman–Crippen MR) is 141 cm³/mol. The summed E-state index contributed by atoms with van der Waals surface area (Å²) in [5, 5.41) is 4.70. The molecular weight excluding hydrogens is 452 g/mol. The minimum Gasteiger partial charge on any atom is -0.497 e. The SMILES string of the molecule is COc1ccc2c3c(c4cc(OC)c(OC)cc4c2c1)C[C@H]1CN(C(=O)c2ccccc2)CCN1C3. The highest BCUT2D eigenvalue weighted by Gasteiger charge is 2.35. The molecule has 0 aromatic heterocycles. The summed E-state index contributed by atoms with van der Waals surface area (Å²) < 4.78 is 16.9. The lowest BCUT2D eigenvalue weighted by molar-refractivity contribution is 0.0430. The second-order valence-corrected chi connectivity index (χ2v) is 9.57. The Bertz CT molecular complexity index is 1470. The first-order chi connectivity index (χ1) is 17.6. The number of methoxy groups -OCH3 is 3. The van der Waals surface area contributed by atoms with Gasteiger partial charge in [-0.2, -0.15) is 0 Å². The monoisotopic (exact) mass is 482 g/mol. The highest BCUT2D eigenvalue weighted by molar-refractivity contribution is 6.12. The topological polar surface area (TPSA) is 51.2 Å². The molecular formula is C30H30N2O4. The van der Waals surface area contributed by atoms with E-state index in [2.05, 4.69) is 29.2 Å². The summed E-state index contributed by atoms with van der Waals surface area (Å²) in [5.74, 6) is 2.38. The number of fused-ring (bicyclic) bond motifs is 7. The summed E-state index contributed by atoms with van der Waals surface area (Å²) >= 11 is 0. The summed E-state index contributed by atoms with van der Waals surface area (Å²) in [6.07, 6.45) is 0.877. The van der Waals surface area contributed by atoms with Crippen molar-refractivity contribution in [2.24, 2.45) is 0 Å². The number of piperazine rings is 1. The minimum atomic E-state index is 0.114. The van der Waals surface area contributed by atoms with Crippen LogP contribution in [-0.2, 0) is 13.0 Å². The third kappa shape index (κ3) is 3.64. The number of carbonyl (C=O) groups excluding carboxylic acids is 1. The van der Waals surface area contributed by atoms with Gasteiger partial charge in [0.05, 0.1) is 21.3 Å². The Morgan fingerprint density at radius 1 is 0.778 bits per heavy atom. The van der Waals surface area contributed by atoms with Crippen molar-refractivity contribution in [1.29, 1.82) is 0 Å². The zero-order chi connectivity index (χ0) is 24.8. The number of hydrogen-bond acceptors (Lipinski definition) is 5. The molecule has 0 bridgehead atoms. The molecule has 0 saturated carbocycles. The van der Waals surface area contributed by atoms with E-state index in [1.807, 2.05) is 41.3 Å². The Balaban J connectivity index is 1.46. The van der Waals surface area contributed by atoms with Crippen molar-refractivity contribution in [3.05, 3.63) is 77.4 Å². The molecule has 0 spiro atoms. The lowest BCUT2D eigenvalue weighted by Gasteiger charge is -2.45. The summed E-state index contributed by atoms with van der Waals surface area (Å²) in [5.41, 5.74) is 3.44. The van der Waals surface area contributed by atoms with Gasteiger partial charge in [-0.3, -0.25) is 9.69 Å². The first-order valence-corrected chi connectivity index (χ1v) is 12.4. The first-order valence-electron chi connectivity index (χ1n) is 12.4. The van der Waals surface area contributed by atoms with E-state index in [1.54, 1.807) is 21.3 Å². The van der Waals surface area contributed by atoms with Gasteiger partial charge >= 0.3 is 0 Å². The molecule has 4 aromatic rings. The number of amides is 1. The first kappa shape index (κ1) is 22.7. The Morgan fingerprint density at radius 3 is 2.22 bits per heavy atom. The second-order valence-electron chi connectivity index (χ2n) is 9.57. The molecule has 2 aliphatic heterocycles. The van der Waals surface area contributed by atoms with E-state index in [9.17, 15) is 4.79 Å². The molecule has 2 heterocycles. The van der Waals surface area contributed by atoms with Crippen LogP contribution in [0.3, 0.4) is 0 Å². The normalized spacial score (nSPS) is 17.5. The molecule has 0 radical (unpaired) electrons. The average Bonchev–Trinajstić information content (AvgIpc) is 2.95. The van der Waals surface area contributed by atoms with Gasteiger partial charge < -0.3 is 19.1 Å². The van der Waals surface area contributed by atoms with Crippen LogP contribution in [0.5, 0.6) is 17.2 Å². The average molecular weight is 483 g/mol. The molecule has 0 aliphatic carbocycles. The van der Waals surface area contributed by atoms with E-state index in [4.69, 9.17) is 14.2 Å². The largest absolute Gasteiger partial charge is 0.497 e. The fraction of sp³-hybridized carbons (Fsp3) is 0.300. The maximum atomic E-state index is 13.2. The van der Waals surface area contributed by atoms with Crippen LogP contribution in [0.2, 0.25) is 0 Å². The number of hydrogen-bond donors (Lipinski definition) is 0. The van der Waals surface area contributed by atoms with Crippen LogP contribution in [0.4, 0.5) is 0 Å². The molecule has 1 atom stereocenters. The van der Waals surface area contributed by atoms with E-state index in [0.717, 1.165) is 60.4 Å². The smallest absolute Gasteiger partial charge is 0.253 e. The van der Waals surface area contributed by atoms with E-state index < -0.39 is 0 Å². The molecule has 6 heteroatoms. The Labute approximate surface area is 211 Å². The molecule has 6 rings (SSSR count). The van der Waals surface area contributed by atoms with E-state index in [0.29, 0.717) is 5.75 Å². The molecule has 1 fully saturated rings. The maximum Gasteiger partial charge on any atom is 0.253 e. The van der Waals surface area contributed by atoms with Gasteiger partial charge in [0.1, 0.15) is 5.75 Å². The number of nitrogens with zero attached hydrogens (tertiary/aromatic N) is 2. The van der Waals surface area contributed by atoms with Crippen molar-refractivity contribution >= 4 is 27.5 Å². The summed E-state index contributed by atoms with van der Waals surface area (Å²) in [4.78, 5) is 17.7. The van der Waals surface area contributed by atoms with Crippen LogP contribution in [0, 0.1) is 0 Å². The van der Waals surface area contributed by atoms with Crippen molar-refractivity contribution in [1.82, 2.24) is 9.80 Å². The quantitative estimate of drug-likeness (QED) is 0.387. The van der Waals surface area contributed by atoms with Gasteiger partial charge in [-0.25, -0.2) is 0 Å².